The third kappa shape index (κ3) is 3.21. The Bertz CT molecular complexity index is 901. The third-order valence-electron chi connectivity index (χ3n) is 4.45. The number of hydrogen-bond acceptors (Lipinski definition) is 6. The number of aromatic nitrogens is 6. The zero-order valence-corrected chi connectivity index (χ0v) is 14.5. The van der Waals surface area contributed by atoms with Gasteiger partial charge in [-0.1, -0.05) is 6.07 Å². The van der Waals surface area contributed by atoms with E-state index in [-0.39, 0.29) is 11.9 Å². The van der Waals surface area contributed by atoms with Gasteiger partial charge >= 0.3 is 0 Å². The number of amides is 1. The second-order valence-electron chi connectivity index (χ2n) is 6.24. The summed E-state index contributed by atoms with van der Waals surface area (Å²) < 4.78 is 3.85. The molecule has 26 heavy (non-hydrogen) atoms. The van der Waals surface area contributed by atoms with Gasteiger partial charge in [-0.05, 0) is 25.1 Å². The summed E-state index contributed by atoms with van der Waals surface area (Å²) in [5.41, 5.74) is 1.40. The summed E-state index contributed by atoms with van der Waals surface area (Å²) in [6.45, 7) is 4.51. The Labute approximate surface area is 150 Å². The molecule has 0 aliphatic carbocycles. The number of carbonyl (C=O) groups is 1. The van der Waals surface area contributed by atoms with Crippen LogP contribution in [0.4, 0.5) is 0 Å². The molecule has 0 spiro atoms. The van der Waals surface area contributed by atoms with Crippen LogP contribution in [0.15, 0.2) is 36.9 Å². The van der Waals surface area contributed by atoms with Crippen molar-refractivity contribution in [3.05, 3.63) is 54.1 Å². The molecule has 4 rings (SSSR count). The Balaban J connectivity index is 1.52. The first-order valence-corrected chi connectivity index (χ1v) is 8.61. The predicted octanol–water partition coefficient (Wildman–Crippen LogP) is 0.495. The van der Waals surface area contributed by atoms with Gasteiger partial charge in [-0.2, -0.15) is 0 Å². The average Bonchev–Trinajstić information content (AvgIpc) is 3.27. The Morgan fingerprint density at radius 2 is 2.08 bits per heavy atom. The fourth-order valence-corrected chi connectivity index (χ4v) is 3.10. The van der Waals surface area contributed by atoms with Crippen molar-refractivity contribution in [3.63, 3.8) is 0 Å². The molecule has 3 heterocycles. The van der Waals surface area contributed by atoms with Gasteiger partial charge in [0.05, 0.1) is 6.04 Å². The summed E-state index contributed by atoms with van der Waals surface area (Å²) in [6.07, 6.45) is 4.03. The van der Waals surface area contributed by atoms with Gasteiger partial charge in [0.25, 0.3) is 5.91 Å². The molecule has 1 aromatic carbocycles. The minimum Gasteiger partial charge on any atom is -0.342 e. The molecule has 0 unspecified atom stereocenters. The lowest BCUT2D eigenvalue weighted by Gasteiger charge is -2.15. The molecule has 0 saturated carbocycles. The molecule has 9 nitrogen and oxygen atoms in total. The van der Waals surface area contributed by atoms with E-state index in [1.165, 1.54) is 0 Å². The molecular weight excluding hydrogens is 332 g/mol. The standard InChI is InChI=1S/C17H20N8O/c1-12(16-23-22-15-5-6-18-7-8-25(15)16)21-17(26)13-3-2-4-14(9-13)24-10-19-20-11-24/h2-4,9-12,18H,5-8H2,1H3,(H,21,26)/t12-/m1/s1. The van der Waals surface area contributed by atoms with E-state index in [1.807, 2.05) is 19.1 Å². The fraction of sp³-hybridized carbons (Fsp3) is 0.353. The van der Waals surface area contributed by atoms with Crippen molar-refractivity contribution in [1.29, 1.82) is 0 Å². The molecular formula is C17H20N8O. The maximum absolute atomic E-state index is 12.7. The van der Waals surface area contributed by atoms with Crippen LogP contribution in [0.25, 0.3) is 5.69 Å². The molecule has 0 radical (unpaired) electrons. The summed E-state index contributed by atoms with van der Waals surface area (Å²) in [4.78, 5) is 12.7. The van der Waals surface area contributed by atoms with Crippen LogP contribution in [0.5, 0.6) is 0 Å². The number of nitrogens with zero attached hydrogens (tertiary/aromatic N) is 6. The molecule has 9 heteroatoms. The molecule has 1 aliphatic rings. The predicted molar refractivity (Wildman–Crippen MR) is 93.8 cm³/mol. The van der Waals surface area contributed by atoms with Crippen molar-refractivity contribution >= 4 is 5.91 Å². The highest BCUT2D eigenvalue weighted by Crippen LogP contribution is 2.15. The molecule has 1 amide bonds. The van der Waals surface area contributed by atoms with Gasteiger partial charge in [-0.3, -0.25) is 9.36 Å². The fourth-order valence-electron chi connectivity index (χ4n) is 3.10. The van der Waals surface area contributed by atoms with Gasteiger partial charge in [-0.15, -0.1) is 20.4 Å². The van der Waals surface area contributed by atoms with Gasteiger partial charge in [0, 0.05) is 37.3 Å². The zero-order valence-electron chi connectivity index (χ0n) is 14.5. The second-order valence-corrected chi connectivity index (χ2v) is 6.24. The van der Waals surface area contributed by atoms with E-state index >= 15 is 0 Å². The highest BCUT2D eigenvalue weighted by atomic mass is 16.1. The molecule has 2 aromatic heterocycles. The summed E-state index contributed by atoms with van der Waals surface area (Å²) in [5, 5.41) is 22.5. The molecule has 2 N–H and O–H groups in total. The quantitative estimate of drug-likeness (QED) is 0.709. The Morgan fingerprint density at radius 1 is 1.23 bits per heavy atom. The maximum Gasteiger partial charge on any atom is 0.251 e. The number of hydrogen-bond donors (Lipinski definition) is 2. The van der Waals surface area contributed by atoms with Crippen LogP contribution >= 0.6 is 0 Å². The van der Waals surface area contributed by atoms with E-state index in [9.17, 15) is 4.79 Å². The number of carbonyl (C=O) groups excluding carboxylic acids is 1. The maximum atomic E-state index is 12.7. The Kier molecular flexibility index (Phi) is 4.44. The minimum absolute atomic E-state index is 0.156. The van der Waals surface area contributed by atoms with E-state index < -0.39 is 0 Å². The number of nitrogens with one attached hydrogen (secondary N) is 2. The van der Waals surface area contributed by atoms with E-state index in [4.69, 9.17) is 0 Å². The second kappa shape index (κ2) is 7.04. The third-order valence-corrected chi connectivity index (χ3v) is 4.45. The lowest BCUT2D eigenvalue weighted by molar-refractivity contribution is 0.0937. The lowest BCUT2D eigenvalue weighted by atomic mass is 10.1. The molecule has 3 aromatic rings. The molecule has 1 aliphatic heterocycles. The van der Waals surface area contributed by atoms with Gasteiger partial charge in [0.1, 0.15) is 18.5 Å². The number of rotatable bonds is 4. The summed E-state index contributed by atoms with van der Waals surface area (Å²) in [5.74, 6) is 1.59. The van der Waals surface area contributed by atoms with Crippen molar-refractivity contribution in [2.45, 2.75) is 25.9 Å². The molecule has 134 valence electrons. The topological polar surface area (TPSA) is 103 Å². The van der Waals surface area contributed by atoms with Gasteiger partial charge < -0.3 is 15.2 Å². The van der Waals surface area contributed by atoms with E-state index in [1.54, 1.807) is 29.4 Å². The first kappa shape index (κ1) is 16.4. The van der Waals surface area contributed by atoms with Crippen molar-refractivity contribution in [2.24, 2.45) is 0 Å². The molecule has 0 bridgehead atoms. The van der Waals surface area contributed by atoms with Crippen molar-refractivity contribution < 1.29 is 4.79 Å². The summed E-state index contributed by atoms with van der Waals surface area (Å²) >= 11 is 0. The molecule has 1 atom stereocenters. The van der Waals surface area contributed by atoms with Crippen molar-refractivity contribution in [1.82, 2.24) is 40.2 Å². The van der Waals surface area contributed by atoms with Gasteiger partial charge in [0.2, 0.25) is 0 Å². The summed E-state index contributed by atoms with van der Waals surface area (Å²) in [6, 6.07) is 7.09. The van der Waals surface area contributed by atoms with Crippen LogP contribution in [0, 0.1) is 0 Å². The largest absolute Gasteiger partial charge is 0.342 e. The lowest BCUT2D eigenvalue weighted by Crippen LogP contribution is -2.29. The van der Waals surface area contributed by atoms with E-state index in [2.05, 4.69) is 35.6 Å². The smallest absolute Gasteiger partial charge is 0.251 e. The van der Waals surface area contributed by atoms with E-state index in [0.29, 0.717) is 5.56 Å². The Hall–Kier alpha value is -3.07. The van der Waals surface area contributed by atoms with Gasteiger partial charge in [0.15, 0.2) is 5.82 Å². The summed E-state index contributed by atoms with van der Waals surface area (Å²) in [7, 11) is 0. The highest BCUT2D eigenvalue weighted by Gasteiger charge is 2.21. The minimum atomic E-state index is -0.236. The number of benzene rings is 1. The average molecular weight is 352 g/mol. The van der Waals surface area contributed by atoms with Gasteiger partial charge in [-0.25, -0.2) is 0 Å². The zero-order chi connectivity index (χ0) is 17.9. The van der Waals surface area contributed by atoms with Crippen LogP contribution in [-0.2, 0) is 13.0 Å². The van der Waals surface area contributed by atoms with Crippen LogP contribution in [-0.4, -0.2) is 48.5 Å². The Morgan fingerprint density at radius 3 is 2.92 bits per heavy atom. The molecule has 0 saturated heterocycles. The SMILES string of the molecule is C[C@@H](NC(=O)c1cccc(-n2cnnc2)c1)c1nnc2n1CCNCC2. The van der Waals surface area contributed by atoms with Crippen LogP contribution in [0.2, 0.25) is 0 Å². The molecule has 0 fully saturated rings. The number of fused-ring (bicyclic) bond motifs is 1. The first-order chi connectivity index (χ1) is 12.7. The van der Waals surface area contributed by atoms with Crippen LogP contribution in [0.1, 0.15) is 35.0 Å². The van der Waals surface area contributed by atoms with Crippen LogP contribution in [0.3, 0.4) is 0 Å². The van der Waals surface area contributed by atoms with Crippen molar-refractivity contribution in [3.8, 4) is 5.69 Å². The normalized spacial score (nSPS) is 15.1. The van der Waals surface area contributed by atoms with Crippen molar-refractivity contribution in [2.75, 3.05) is 13.1 Å². The highest BCUT2D eigenvalue weighted by molar-refractivity contribution is 5.94. The van der Waals surface area contributed by atoms with Crippen LogP contribution < -0.4 is 10.6 Å². The van der Waals surface area contributed by atoms with E-state index in [0.717, 1.165) is 43.4 Å². The first-order valence-electron chi connectivity index (χ1n) is 8.61. The monoisotopic (exact) mass is 352 g/mol.